The van der Waals surface area contributed by atoms with Crippen molar-refractivity contribution in [3.63, 3.8) is 0 Å². The molecule has 2 heterocycles. The van der Waals surface area contributed by atoms with Gasteiger partial charge in [0.25, 0.3) is 0 Å². The van der Waals surface area contributed by atoms with Gasteiger partial charge in [0.1, 0.15) is 11.5 Å². The maximum Gasteiger partial charge on any atom is 0.165 e. The molecule has 0 amide bonds. The van der Waals surface area contributed by atoms with Gasteiger partial charge in [0.05, 0.1) is 19.8 Å². The average Bonchev–Trinajstić information content (AvgIpc) is 2.73. The molecule has 1 N–H and O–H groups in total. The van der Waals surface area contributed by atoms with Crippen molar-refractivity contribution >= 4 is 0 Å². The molecule has 20 heavy (non-hydrogen) atoms. The first kappa shape index (κ1) is 13.1. The maximum atomic E-state index is 5.80. The van der Waals surface area contributed by atoms with Gasteiger partial charge >= 0.3 is 0 Å². The fourth-order valence-corrected chi connectivity index (χ4v) is 2.29. The Balaban J connectivity index is 1.65. The molecule has 1 aliphatic heterocycles. The van der Waals surface area contributed by atoms with E-state index in [1.807, 2.05) is 31.2 Å². The van der Waals surface area contributed by atoms with Crippen LogP contribution in [0, 0.1) is 6.92 Å². The number of nitrogens with one attached hydrogen (secondary N) is 1. The SMILES string of the molecule is Cc1ccc(CNCc2cccc3c2OCCCO3)o1. The van der Waals surface area contributed by atoms with Crippen LogP contribution >= 0.6 is 0 Å². The first-order valence-corrected chi connectivity index (χ1v) is 6.96. The third-order valence-electron chi connectivity index (χ3n) is 3.26. The zero-order chi connectivity index (χ0) is 13.8. The Kier molecular flexibility index (Phi) is 3.92. The normalized spacial score (nSPS) is 14.1. The number of hydrogen-bond acceptors (Lipinski definition) is 4. The van der Waals surface area contributed by atoms with Gasteiger partial charge in [-0.15, -0.1) is 0 Å². The Hall–Kier alpha value is -1.94. The van der Waals surface area contributed by atoms with E-state index in [4.69, 9.17) is 13.9 Å². The summed E-state index contributed by atoms with van der Waals surface area (Å²) in [6.45, 7) is 4.81. The van der Waals surface area contributed by atoms with Crippen LogP contribution in [0.1, 0.15) is 23.5 Å². The van der Waals surface area contributed by atoms with Crippen molar-refractivity contribution in [2.45, 2.75) is 26.4 Å². The predicted molar refractivity (Wildman–Crippen MR) is 76.0 cm³/mol. The number of benzene rings is 1. The van der Waals surface area contributed by atoms with Gasteiger partial charge < -0.3 is 19.2 Å². The topological polar surface area (TPSA) is 43.6 Å². The minimum absolute atomic E-state index is 0.707. The van der Waals surface area contributed by atoms with Gasteiger partial charge in [-0.1, -0.05) is 12.1 Å². The highest BCUT2D eigenvalue weighted by Gasteiger charge is 2.14. The van der Waals surface area contributed by atoms with Crippen molar-refractivity contribution in [2.75, 3.05) is 13.2 Å². The molecule has 3 rings (SSSR count). The van der Waals surface area contributed by atoms with E-state index in [0.717, 1.165) is 48.2 Å². The number of hydrogen-bond donors (Lipinski definition) is 1. The molecule has 0 saturated heterocycles. The lowest BCUT2D eigenvalue weighted by Crippen LogP contribution is -2.13. The van der Waals surface area contributed by atoms with E-state index in [-0.39, 0.29) is 0 Å². The van der Waals surface area contributed by atoms with Gasteiger partial charge in [0.15, 0.2) is 11.5 Å². The van der Waals surface area contributed by atoms with Crippen LogP contribution in [0.25, 0.3) is 0 Å². The Bertz CT molecular complexity index is 577. The van der Waals surface area contributed by atoms with Crippen molar-refractivity contribution in [3.8, 4) is 11.5 Å². The van der Waals surface area contributed by atoms with Crippen molar-refractivity contribution in [2.24, 2.45) is 0 Å². The lowest BCUT2D eigenvalue weighted by molar-refractivity contribution is 0.296. The van der Waals surface area contributed by atoms with Crippen LogP contribution in [0.5, 0.6) is 11.5 Å². The number of ether oxygens (including phenoxy) is 2. The number of rotatable bonds is 4. The van der Waals surface area contributed by atoms with E-state index in [1.165, 1.54) is 0 Å². The van der Waals surface area contributed by atoms with E-state index < -0.39 is 0 Å². The van der Waals surface area contributed by atoms with E-state index in [1.54, 1.807) is 0 Å². The second-order valence-electron chi connectivity index (χ2n) is 4.91. The Morgan fingerprint density at radius 3 is 2.80 bits per heavy atom. The smallest absolute Gasteiger partial charge is 0.165 e. The van der Waals surface area contributed by atoms with E-state index >= 15 is 0 Å². The van der Waals surface area contributed by atoms with Crippen molar-refractivity contribution in [3.05, 3.63) is 47.4 Å². The number of furan rings is 1. The molecule has 0 radical (unpaired) electrons. The summed E-state index contributed by atoms with van der Waals surface area (Å²) in [5, 5.41) is 3.37. The number of para-hydroxylation sites is 1. The zero-order valence-corrected chi connectivity index (χ0v) is 11.6. The Morgan fingerprint density at radius 2 is 1.95 bits per heavy atom. The second kappa shape index (κ2) is 6.01. The molecule has 4 heteroatoms. The summed E-state index contributed by atoms with van der Waals surface area (Å²) < 4.78 is 17.0. The van der Waals surface area contributed by atoms with Crippen LogP contribution in [-0.4, -0.2) is 13.2 Å². The van der Waals surface area contributed by atoms with Gasteiger partial charge in [0.2, 0.25) is 0 Å². The fraction of sp³-hybridized carbons (Fsp3) is 0.375. The van der Waals surface area contributed by atoms with Crippen LogP contribution in [0.15, 0.2) is 34.7 Å². The third kappa shape index (κ3) is 2.96. The summed E-state index contributed by atoms with van der Waals surface area (Å²) >= 11 is 0. The zero-order valence-electron chi connectivity index (χ0n) is 11.6. The Morgan fingerprint density at radius 1 is 1.05 bits per heavy atom. The van der Waals surface area contributed by atoms with Crippen LogP contribution in [0.4, 0.5) is 0 Å². The highest BCUT2D eigenvalue weighted by molar-refractivity contribution is 5.47. The van der Waals surface area contributed by atoms with Crippen LogP contribution in [0.2, 0.25) is 0 Å². The molecule has 1 aliphatic rings. The molecular formula is C16H19NO3. The quantitative estimate of drug-likeness (QED) is 0.930. The average molecular weight is 273 g/mol. The second-order valence-corrected chi connectivity index (χ2v) is 4.91. The molecule has 1 aromatic carbocycles. The Labute approximate surface area is 118 Å². The van der Waals surface area contributed by atoms with Gasteiger partial charge in [-0.2, -0.15) is 0 Å². The molecule has 4 nitrogen and oxygen atoms in total. The molecule has 0 spiro atoms. The standard InChI is InChI=1S/C16H19NO3/c1-12-6-7-14(20-12)11-17-10-13-4-2-5-15-16(13)19-9-3-8-18-15/h2,4-7,17H,3,8-11H2,1H3. The molecule has 0 saturated carbocycles. The minimum Gasteiger partial charge on any atom is -0.490 e. The monoisotopic (exact) mass is 273 g/mol. The van der Waals surface area contributed by atoms with E-state index in [2.05, 4.69) is 11.4 Å². The van der Waals surface area contributed by atoms with Crippen molar-refractivity contribution in [1.82, 2.24) is 5.32 Å². The largest absolute Gasteiger partial charge is 0.490 e. The number of fused-ring (bicyclic) bond motifs is 1. The minimum atomic E-state index is 0.707. The van der Waals surface area contributed by atoms with Crippen molar-refractivity contribution in [1.29, 1.82) is 0 Å². The molecule has 0 unspecified atom stereocenters. The van der Waals surface area contributed by atoms with Gasteiger partial charge in [0, 0.05) is 18.5 Å². The molecule has 2 aromatic rings. The summed E-state index contributed by atoms with van der Waals surface area (Å²) in [5.41, 5.74) is 1.12. The van der Waals surface area contributed by atoms with Gasteiger partial charge in [-0.3, -0.25) is 0 Å². The summed E-state index contributed by atoms with van der Waals surface area (Å²) in [7, 11) is 0. The summed E-state index contributed by atoms with van der Waals surface area (Å²) in [6.07, 6.45) is 0.924. The van der Waals surface area contributed by atoms with Crippen LogP contribution in [0.3, 0.4) is 0 Å². The van der Waals surface area contributed by atoms with Crippen LogP contribution in [-0.2, 0) is 13.1 Å². The molecule has 0 fully saturated rings. The molecule has 106 valence electrons. The summed E-state index contributed by atoms with van der Waals surface area (Å²) in [5.74, 6) is 3.59. The first-order valence-electron chi connectivity index (χ1n) is 6.96. The first-order chi connectivity index (χ1) is 9.83. The lowest BCUT2D eigenvalue weighted by Gasteiger charge is -2.12. The van der Waals surface area contributed by atoms with Gasteiger partial charge in [-0.25, -0.2) is 0 Å². The number of aryl methyl sites for hydroxylation is 1. The molecule has 1 aromatic heterocycles. The van der Waals surface area contributed by atoms with Crippen LogP contribution < -0.4 is 14.8 Å². The van der Waals surface area contributed by atoms with E-state index in [0.29, 0.717) is 13.2 Å². The van der Waals surface area contributed by atoms with E-state index in [9.17, 15) is 0 Å². The highest BCUT2D eigenvalue weighted by atomic mass is 16.5. The summed E-state index contributed by atoms with van der Waals surface area (Å²) in [4.78, 5) is 0. The molecule has 0 bridgehead atoms. The lowest BCUT2D eigenvalue weighted by atomic mass is 10.2. The fourth-order valence-electron chi connectivity index (χ4n) is 2.29. The highest BCUT2D eigenvalue weighted by Crippen LogP contribution is 2.33. The maximum absolute atomic E-state index is 5.80. The third-order valence-corrected chi connectivity index (χ3v) is 3.26. The molecular weight excluding hydrogens is 254 g/mol. The summed E-state index contributed by atoms with van der Waals surface area (Å²) in [6, 6.07) is 9.99. The van der Waals surface area contributed by atoms with Gasteiger partial charge in [-0.05, 0) is 25.1 Å². The predicted octanol–water partition coefficient (Wildman–Crippen LogP) is 3.04. The van der Waals surface area contributed by atoms with Crippen molar-refractivity contribution < 1.29 is 13.9 Å². The molecule has 0 aliphatic carbocycles. The molecule has 0 atom stereocenters.